The van der Waals surface area contributed by atoms with Gasteiger partial charge in [0.2, 0.25) is 0 Å². The van der Waals surface area contributed by atoms with Crippen LogP contribution in [-0.4, -0.2) is 0 Å². The minimum Gasteiger partial charge on any atom is -0.0683 e. The Morgan fingerprint density at radius 3 is 0.909 bits per heavy atom. The molecule has 0 aliphatic heterocycles. The summed E-state index contributed by atoms with van der Waals surface area (Å²) in [7, 11) is 0. The first-order valence-corrected chi connectivity index (χ1v) is 13.1. The second-order valence-corrected chi connectivity index (χ2v) is 12.6. The molecule has 0 aliphatic carbocycles. The summed E-state index contributed by atoms with van der Waals surface area (Å²) in [6, 6.07) is 28.6. The fourth-order valence-electron chi connectivity index (χ4n) is 3.16. The van der Waals surface area contributed by atoms with Gasteiger partial charge in [-0.2, -0.15) is 0 Å². The molecule has 0 N–H and O–H groups in total. The van der Waals surface area contributed by atoms with Crippen LogP contribution in [0.1, 0.15) is 92.9 Å². The molecule has 3 aromatic carbocycles. The highest BCUT2D eigenvalue weighted by molar-refractivity contribution is 7.78. The topological polar surface area (TPSA) is 0 Å². The Labute approximate surface area is 209 Å². The van der Waals surface area contributed by atoms with E-state index < -0.39 is 0 Å². The molecule has 0 saturated heterocycles. The van der Waals surface area contributed by atoms with E-state index in [9.17, 15) is 0 Å². The summed E-state index contributed by atoms with van der Waals surface area (Å²) in [6.45, 7) is 24.2. The number of benzene rings is 3. The maximum atomic E-state index is 2.26. The molecule has 0 atom stereocenters. The fourth-order valence-corrected chi connectivity index (χ4v) is 4.05. The minimum absolute atomic E-state index is 0.226. The lowest BCUT2D eigenvalue weighted by molar-refractivity contribution is 0.589. The lowest BCUT2D eigenvalue weighted by Crippen LogP contribution is -2.11. The van der Waals surface area contributed by atoms with Crippen LogP contribution in [-0.2, 0) is 28.0 Å². The number of hydrogen-bond acceptors (Lipinski definition) is 0. The van der Waals surface area contributed by atoms with Crippen molar-refractivity contribution in [3.05, 3.63) is 95.6 Å². The summed E-state index contributed by atoms with van der Waals surface area (Å²) in [6.07, 6.45) is 0. The van der Waals surface area contributed by atoms with Gasteiger partial charge in [0.15, 0.2) is 9.79 Å². The molecule has 0 spiro atoms. The van der Waals surface area contributed by atoms with Crippen molar-refractivity contribution < 1.29 is 0 Å². The molecule has 0 bridgehead atoms. The van der Waals surface area contributed by atoms with E-state index in [-0.39, 0.29) is 10.8 Å². The zero-order valence-electron chi connectivity index (χ0n) is 23.0. The zero-order chi connectivity index (χ0) is 25.3. The van der Waals surface area contributed by atoms with Gasteiger partial charge >= 0.3 is 0 Å². The van der Waals surface area contributed by atoms with E-state index in [1.807, 2.05) is 13.8 Å². The summed E-state index contributed by atoms with van der Waals surface area (Å²) in [4.78, 5) is 2.71. The first kappa shape index (κ1) is 29.0. The predicted molar refractivity (Wildman–Crippen MR) is 152 cm³/mol. The molecule has 1 heteroatoms. The van der Waals surface area contributed by atoms with E-state index in [1.54, 1.807) is 0 Å². The number of hydrogen-bond donors (Lipinski definition) is 0. The van der Waals surface area contributed by atoms with Crippen molar-refractivity contribution >= 4 is 11.8 Å². The average molecular weight is 464 g/mol. The lowest BCUT2D eigenvalue weighted by Gasteiger charge is -2.18. The van der Waals surface area contributed by atoms with Crippen molar-refractivity contribution in [2.45, 2.75) is 102 Å². The SMILES string of the molecule is CC.CC(C)(C)c1ccc([SH+]c2ccc(C(C)(C)C)cc2)cc1.CC(C)(C)c1ccccc1. The van der Waals surface area contributed by atoms with Crippen LogP contribution in [0, 0.1) is 0 Å². The third-order valence-corrected chi connectivity index (χ3v) is 6.48. The minimum atomic E-state index is 0.226. The third-order valence-electron chi connectivity index (χ3n) is 5.36. The van der Waals surface area contributed by atoms with Gasteiger partial charge in [0, 0.05) is 11.8 Å². The van der Waals surface area contributed by atoms with E-state index in [4.69, 9.17) is 0 Å². The third kappa shape index (κ3) is 10.2. The molecule has 0 nitrogen and oxygen atoms in total. The second kappa shape index (κ2) is 12.5. The summed E-state index contributed by atoms with van der Waals surface area (Å²) < 4.78 is 0. The Hall–Kier alpha value is -1.99. The maximum absolute atomic E-state index is 2.26. The van der Waals surface area contributed by atoms with Gasteiger partial charge in [0.1, 0.15) is 0 Å². The Balaban J connectivity index is 0.000000380. The molecule has 0 radical (unpaired) electrons. The molecule has 0 heterocycles. The average Bonchev–Trinajstić information content (AvgIpc) is 2.75. The van der Waals surface area contributed by atoms with Crippen molar-refractivity contribution in [1.29, 1.82) is 0 Å². The largest absolute Gasteiger partial charge is 0.158 e. The first-order chi connectivity index (χ1) is 15.3. The molecular formula is C32H47S+. The molecule has 0 saturated carbocycles. The summed E-state index contributed by atoms with van der Waals surface area (Å²) >= 11 is 1.28. The normalized spacial score (nSPS) is 11.6. The van der Waals surface area contributed by atoms with Gasteiger partial charge in [0.25, 0.3) is 0 Å². The number of rotatable bonds is 2. The fraction of sp³-hybridized carbons (Fsp3) is 0.438. The van der Waals surface area contributed by atoms with Gasteiger partial charge in [0.05, 0.1) is 0 Å². The number of thiol groups is 1. The van der Waals surface area contributed by atoms with E-state index in [2.05, 4.69) is 141 Å². The van der Waals surface area contributed by atoms with Gasteiger partial charge in [-0.05, 0) is 57.2 Å². The van der Waals surface area contributed by atoms with Gasteiger partial charge in [-0.15, -0.1) is 0 Å². The molecule has 0 amide bonds. The van der Waals surface area contributed by atoms with Crippen LogP contribution >= 0.6 is 0 Å². The van der Waals surface area contributed by atoms with Crippen LogP contribution in [0.4, 0.5) is 0 Å². The smallest absolute Gasteiger partial charge is 0.0683 e. The summed E-state index contributed by atoms with van der Waals surface area (Å²) in [5.41, 5.74) is 4.93. The van der Waals surface area contributed by atoms with Crippen LogP contribution in [0.15, 0.2) is 88.7 Å². The lowest BCUT2D eigenvalue weighted by atomic mass is 9.87. The molecule has 3 rings (SSSR count). The molecule has 0 aliphatic rings. The van der Waals surface area contributed by atoms with Crippen molar-refractivity contribution in [2.24, 2.45) is 0 Å². The van der Waals surface area contributed by atoms with Crippen molar-refractivity contribution in [3.8, 4) is 0 Å². The quantitative estimate of drug-likeness (QED) is 0.262. The molecule has 0 fully saturated rings. The Morgan fingerprint density at radius 1 is 0.394 bits per heavy atom. The molecular weight excluding hydrogens is 416 g/mol. The monoisotopic (exact) mass is 463 g/mol. The molecule has 180 valence electrons. The zero-order valence-corrected chi connectivity index (χ0v) is 23.8. The highest BCUT2D eigenvalue weighted by Gasteiger charge is 2.16. The van der Waals surface area contributed by atoms with Crippen LogP contribution in [0.2, 0.25) is 0 Å². The molecule has 0 aromatic heterocycles. The van der Waals surface area contributed by atoms with Gasteiger partial charge in [-0.1, -0.05) is 131 Å². The molecule has 3 aromatic rings. The van der Waals surface area contributed by atoms with Crippen LogP contribution in [0.25, 0.3) is 0 Å². The van der Waals surface area contributed by atoms with Gasteiger partial charge in [-0.3, -0.25) is 0 Å². The van der Waals surface area contributed by atoms with Crippen LogP contribution in [0.3, 0.4) is 0 Å². The van der Waals surface area contributed by atoms with E-state index in [0.29, 0.717) is 5.41 Å². The van der Waals surface area contributed by atoms with E-state index in [1.165, 1.54) is 38.2 Å². The highest BCUT2D eigenvalue weighted by Crippen LogP contribution is 2.25. The Morgan fingerprint density at radius 2 is 0.667 bits per heavy atom. The maximum Gasteiger partial charge on any atom is 0.158 e. The molecule has 33 heavy (non-hydrogen) atoms. The van der Waals surface area contributed by atoms with Gasteiger partial charge < -0.3 is 0 Å². The van der Waals surface area contributed by atoms with E-state index in [0.717, 1.165) is 0 Å². The predicted octanol–water partition coefficient (Wildman–Crippen LogP) is 9.52. The van der Waals surface area contributed by atoms with Crippen LogP contribution in [0.5, 0.6) is 0 Å². The van der Waals surface area contributed by atoms with Crippen molar-refractivity contribution in [2.75, 3.05) is 0 Å². The first-order valence-electron chi connectivity index (χ1n) is 12.3. The van der Waals surface area contributed by atoms with Crippen LogP contribution < -0.4 is 0 Å². The van der Waals surface area contributed by atoms with E-state index >= 15 is 0 Å². The Kier molecular flexibility index (Phi) is 11.0. The van der Waals surface area contributed by atoms with Crippen molar-refractivity contribution in [1.82, 2.24) is 0 Å². The second-order valence-electron chi connectivity index (χ2n) is 11.3. The van der Waals surface area contributed by atoms with Crippen molar-refractivity contribution in [3.63, 3.8) is 0 Å². The highest BCUT2D eigenvalue weighted by atomic mass is 32.2. The summed E-state index contributed by atoms with van der Waals surface area (Å²) in [5, 5.41) is 0. The molecule has 0 unspecified atom stereocenters. The van der Waals surface area contributed by atoms with Gasteiger partial charge in [-0.25, -0.2) is 0 Å². The summed E-state index contributed by atoms with van der Waals surface area (Å²) in [5.74, 6) is 0. The Bertz CT molecular complexity index is 858. The standard InChI is InChI=1S/C20H26S.C10H14.C2H6/c1-19(2,3)15-7-11-17(12-8-15)21-18-13-9-16(10-14-18)20(4,5)6;1-10(2,3)9-7-5-4-6-8-9;1-2/h7-14H,1-6H3;4-8H,1-3H3;1-2H3/p+1.